The van der Waals surface area contributed by atoms with E-state index < -0.39 is 23.8 Å². The summed E-state index contributed by atoms with van der Waals surface area (Å²) >= 11 is 0. The highest BCUT2D eigenvalue weighted by Crippen LogP contribution is 2.31. The molecule has 214 valence electrons. The molecule has 4 aromatic rings. The van der Waals surface area contributed by atoms with Crippen LogP contribution in [0.5, 0.6) is 0 Å². The number of piperazine rings is 1. The van der Waals surface area contributed by atoms with Crippen LogP contribution in [0.25, 0.3) is 11.1 Å². The maximum atomic E-state index is 14.2. The third kappa shape index (κ3) is 6.56. The lowest BCUT2D eigenvalue weighted by Gasteiger charge is -2.36. The van der Waals surface area contributed by atoms with Crippen molar-refractivity contribution < 1.29 is 14.4 Å². The van der Waals surface area contributed by atoms with E-state index in [2.05, 4.69) is 15.2 Å². The number of nitrogens with zero attached hydrogens (tertiary/aromatic N) is 4. The summed E-state index contributed by atoms with van der Waals surface area (Å²) in [5.41, 5.74) is 3.85. The Balaban J connectivity index is 1.54. The Morgan fingerprint density at radius 3 is 1.98 bits per heavy atom. The third-order valence-electron chi connectivity index (χ3n) is 7.61. The topological polar surface area (TPSA) is 85.8 Å². The number of nitrogens with one attached hydrogen (secondary N) is 1. The first-order chi connectivity index (χ1) is 20.4. The van der Waals surface area contributed by atoms with E-state index >= 15 is 0 Å². The number of carbonyl (C=O) groups excluding carboxylic acids is 3. The lowest BCUT2D eigenvalue weighted by atomic mass is 10.0. The molecule has 1 aromatic heterocycles. The second-order valence-corrected chi connectivity index (χ2v) is 10.5. The van der Waals surface area contributed by atoms with Gasteiger partial charge in [-0.15, -0.1) is 0 Å². The summed E-state index contributed by atoms with van der Waals surface area (Å²) < 4.78 is 0. The molecule has 0 spiro atoms. The van der Waals surface area contributed by atoms with Crippen molar-refractivity contribution in [3.8, 4) is 11.1 Å². The van der Waals surface area contributed by atoms with E-state index in [0.29, 0.717) is 37.4 Å². The summed E-state index contributed by atoms with van der Waals surface area (Å²) in [7, 11) is 1.99. The maximum absolute atomic E-state index is 14.2. The smallest absolute Gasteiger partial charge is 0.317 e. The van der Waals surface area contributed by atoms with Gasteiger partial charge in [-0.3, -0.25) is 24.3 Å². The van der Waals surface area contributed by atoms with Gasteiger partial charge in [0.05, 0.1) is 6.04 Å². The largest absolute Gasteiger partial charge is 0.347 e. The minimum Gasteiger partial charge on any atom is -0.347 e. The number of benzene rings is 3. The molecule has 2 heterocycles. The number of aromatic nitrogens is 1. The number of amides is 3. The lowest BCUT2D eigenvalue weighted by Crippen LogP contribution is -2.54. The first kappa shape index (κ1) is 28.7. The molecule has 1 aliphatic rings. The molecule has 3 amide bonds. The van der Waals surface area contributed by atoms with E-state index in [1.165, 1.54) is 4.90 Å². The predicted octanol–water partition coefficient (Wildman–Crippen LogP) is 4.47. The Morgan fingerprint density at radius 1 is 0.762 bits per heavy atom. The Labute approximate surface area is 246 Å². The zero-order valence-electron chi connectivity index (χ0n) is 23.9. The normalized spacial score (nSPS) is 15.0. The Bertz CT molecular complexity index is 1490. The average Bonchev–Trinajstić information content (AvgIpc) is 3.04. The number of anilines is 1. The second-order valence-electron chi connectivity index (χ2n) is 10.5. The van der Waals surface area contributed by atoms with Crippen LogP contribution in [0.4, 0.5) is 5.69 Å². The van der Waals surface area contributed by atoms with Gasteiger partial charge >= 0.3 is 11.8 Å². The fraction of sp³-hybridized carbons (Fsp3) is 0.235. The van der Waals surface area contributed by atoms with E-state index in [1.807, 2.05) is 86.8 Å². The molecule has 0 bridgehead atoms. The molecular weight excluding hydrogens is 526 g/mol. The fourth-order valence-electron chi connectivity index (χ4n) is 5.15. The summed E-state index contributed by atoms with van der Waals surface area (Å²) in [6.07, 6.45) is 3.18. The first-order valence-corrected chi connectivity index (χ1v) is 14.1. The van der Waals surface area contributed by atoms with E-state index in [-0.39, 0.29) is 6.04 Å². The lowest BCUT2D eigenvalue weighted by molar-refractivity contribution is -0.146. The molecule has 1 unspecified atom stereocenters. The molecule has 3 aromatic carbocycles. The van der Waals surface area contributed by atoms with Crippen molar-refractivity contribution in [2.75, 3.05) is 38.1 Å². The molecule has 1 saturated heterocycles. The summed E-state index contributed by atoms with van der Waals surface area (Å²) in [6.45, 7) is 4.12. The molecule has 1 aliphatic heterocycles. The van der Waals surface area contributed by atoms with Gasteiger partial charge in [0.15, 0.2) is 0 Å². The van der Waals surface area contributed by atoms with Crippen LogP contribution in [-0.2, 0) is 14.4 Å². The van der Waals surface area contributed by atoms with Crippen LogP contribution in [0.1, 0.15) is 30.1 Å². The van der Waals surface area contributed by atoms with Gasteiger partial charge in [0.2, 0.25) is 5.91 Å². The molecule has 1 N–H and O–H groups in total. The molecule has 42 heavy (non-hydrogen) atoms. The maximum Gasteiger partial charge on any atom is 0.317 e. The predicted molar refractivity (Wildman–Crippen MR) is 163 cm³/mol. The monoisotopic (exact) mass is 561 g/mol. The number of hydrogen-bond acceptors (Lipinski definition) is 5. The Morgan fingerprint density at radius 2 is 1.36 bits per heavy atom. The molecule has 0 radical (unpaired) electrons. The number of hydrogen-bond donors (Lipinski definition) is 1. The quantitative estimate of drug-likeness (QED) is 0.337. The first-order valence-electron chi connectivity index (χ1n) is 14.1. The highest BCUT2D eigenvalue weighted by molar-refractivity contribution is 6.41. The van der Waals surface area contributed by atoms with Crippen LogP contribution in [0.3, 0.4) is 0 Å². The van der Waals surface area contributed by atoms with Crippen molar-refractivity contribution in [2.45, 2.75) is 19.0 Å². The Hall–Kier alpha value is -4.82. The van der Waals surface area contributed by atoms with E-state index in [4.69, 9.17) is 0 Å². The highest BCUT2D eigenvalue weighted by Gasteiger charge is 2.38. The molecule has 1 fully saturated rings. The van der Waals surface area contributed by atoms with Crippen molar-refractivity contribution in [3.63, 3.8) is 0 Å². The summed E-state index contributed by atoms with van der Waals surface area (Å²) in [5, 5.41) is 3.07. The van der Waals surface area contributed by atoms with Crippen molar-refractivity contribution >= 4 is 23.4 Å². The van der Waals surface area contributed by atoms with Crippen LogP contribution < -0.4 is 10.2 Å². The van der Waals surface area contributed by atoms with Gasteiger partial charge < -0.3 is 15.1 Å². The van der Waals surface area contributed by atoms with Gasteiger partial charge in [0.1, 0.15) is 6.04 Å². The van der Waals surface area contributed by atoms with Crippen LogP contribution in [-0.4, -0.2) is 65.7 Å². The van der Waals surface area contributed by atoms with Gasteiger partial charge in [-0.05, 0) is 48.9 Å². The zero-order valence-corrected chi connectivity index (χ0v) is 23.9. The molecule has 8 heteroatoms. The van der Waals surface area contributed by atoms with Crippen LogP contribution in [0, 0.1) is 0 Å². The van der Waals surface area contributed by atoms with Crippen LogP contribution in [0.15, 0.2) is 109 Å². The number of rotatable bonds is 7. The molecule has 0 aliphatic carbocycles. The standard InChI is InChI=1S/C34H35N5O3/c1-25(26-10-5-3-6-11-26)36-32(40)31(29-14-9-19-35-24-29)39(34(42)33(41)38-22-20-37(2)21-23-38)30-17-15-28(16-18-30)27-12-7-4-8-13-27/h3-19,24-25,31H,20-23H2,1-2H3,(H,36,40)/t25-,31?/m0/s1. The van der Waals surface area contributed by atoms with Crippen molar-refractivity contribution in [1.82, 2.24) is 20.1 Å². The zero-order chi connectivity index (χ0) is 29.5. The number of carbonyl (C=O) groups is 3. The minimum atomic E-state index is -1.13. The Kier molecular flexibility index (Phi) is 9.04. The summed E-state index contributed by atoms with van der Waals surface area (Å²) in [6, 6.07) is 28.9. The highest BCUT2D eigenvalue weighted by atomic mass is 16.2. The number of likely N-dealkylation sites (N-methyl/N-ethyl adjacent to an activating group) is 1. The van der Waals surface area contributed by atoms with Gasteiger partial charge in [-0.1, -0.05) is 78.9 Å². The minimum absolute atomic E-state index is 0.330. The molecule has 2 atom stereocenters. The number of pyridine rings is 1. The van der Waals surface area contributed by atoms with E-state index in [0.717, 1.165) is 16.7 Å². The van der Waals surface area contributed by atoms with Gasteiger partial charge in [-0.2, -0.15) is 0 Å². The average molecular weight is 562 g/mol. The van der Waals surface area contributed by atoms with Crippen LogP contribution in [0.2, 0.25) is 0 Å². The summed E-state index contributed by atoms with van der Waals surface area (Å²) in [5.74, 6) is -1.80. The second kappa shape index (κ2) is 13.2. The molecule has 8 nitrogen and oxygen atoms in total. The van der Waals surface area contributed by atoms with Crippen LogP contribution >= 0.6 is 0 Å². The molecule has 5 rings (SSSR count). The SMILES string of the molecule is C[C@H](NC(=O)C(c1cccnc1)N(C(=O)C(=O)N1CCN(C)CC1)c1ccc(-c2ccccc2)cc1)c1ccccc1. The van der Waals surface area contributed by atoms with Crippen molar-refractivity contribution in [3.05, 3.63) is 121 Å². The fourth-order valence-corrected chi connectivity index (χ4v) is 5.15. The summed E-state index contributed by atoms with van der Waals surface area (Å²) in [4.78, 5) is 51.2. The van der Waals surface area contributed by atoms with Gasteiger partial charge in [-0.25, -0.2) is 0 Å². The third-order valence-corrected chi connectivity index (χ3v) is 7.61. The van der Waals surface area contributed by atoms with Crippen molar-refractivity contribution in [1.29, 1.82) is 0 Å². The van der Waals surface area contributed by atoms with Gasteiger partial charge in [0, 0.05) is 49.8 Å². The molecule has 0 saturated carbocycles. The van der Waals surface area contributed by atoms with Crippen molar-refractivity contribution in [2.24, 2.45) is 0 Å². The molecular formula is C34H35N5O3. The van der Waals surface area contributed by atoms with Gasteiger partial charge in [0.25, 0.3) is 0 Å². The van der Waals surface area contributed by atoms with E-state index in [9.17, 15) is 14.4 Å². The van der Waals surface area contributed by atoms with E-state index in [1.54, 1.807) is 41.6 Å².